The Balaban J connectivity index is 2.26. The molecule has 0 spiro atoms. The van der Waals surface area contributed by atoms with Crippen molar-refractivity contribution in [1.82, 2.24) is 15.5 Å². The number of aromatic nitrogens is 2. The van der Waals surface area contributed by atoms with Gasteiger partial charge in [0.25, 0.3) is 0 Å². The highest BCUT2D eigenvalue weighted by atomic mass is 15.1. The highest BCUT2D eigenvalue weighted by Gasteiger charge is 2.20. The molecule has 0 saturated carbocycles. The van der Waals surface area contributed by atoms with Crippen LogP contribution in [0, 0.1) is 13.8 Å². The molecule has 1 atom stereocenters. The Labute approximate surface area is 72.6 Å². The van der Waals surface area contributed by atoms with E-state index < -0.39 is 0 Å². The average Bonchev–Trinajstić information content (AvgIpc) is 2.64. The van der Waals surface area contributed by atoms with Crippen LogP contribution in [0.5, 0.6) is 0 Å². The van der Waals surface area contributed by atoms with E-state index in [-0.39, 0.29) is 0 Å². The fourth-order valence-electron chi connectivity index (χ4n) is 1.76. The van der Waals surface area contributed by atoms with Crippen molar-refractivity contribution >= 4 is 0 Å². The second-order valence-electron chi connectivity index (χ2n) is 3.51. The average molecular weight is 165 g/mol. The highest BCUT2D eigenvalue weighted by molar-refractivity contribution is 5.25. The van der Waals surface area contributed by atoms with Gasteiger partial charge in [0, 0.05) is 5.69 Å². The fourth-order valence-corrected chi connectivity index (χ4v) is 1.76. The van der Waals surface area contributed by atoms with Crippen LogP contribution in [-0.2, 0) is 0 Å². The second-order valence-corrected chi connectivity index (χ2v) is 3.51. The van der Waals surface area contributed by atoms with Gasteiger partial charge in [-0.05, 0) is 38.8 Å². The Morgan fingerprint density at radius 2 is 2.25 bits per heavy atom. The van der Waals surface area contributed by atoms with E-state index in [4.69, 9.17) is 0 Å². The molecule has 12 heavy (non-hydrogen) atoms. The lowest BCUT2D eigenvalue weighted by Crippen LogP contribution is -2.14. The molecule has 1 aliphatic rings. The number of nitrogens with zero attached hydrogens (tertiary/aromatic N) is 1. The molecular formula is C9H15N3. The van der Waals surface area contributed by atoms with Gasteiger partial charge in [0.2, 0.25) is 0 Å². The molecule has 2 N–H and O–H groups in total. The maximum atomic E-state index is 4.31. The van der Waals surface area contributed by atoms with Crippen LogP contribution in [0.4, 0.5) is 0 Å². The normalized spacial score (nSPS) is 23.3. The summed E-state index contributed by atoms with van der Waals surface area (Å²) in [6.45, 7) is 5.34. The molecule has 0 bridgehead atoms. The third kappa shape index (κ3) is 1.14. The molecule has 3 heteroatoms. The molecule has 0 amide bonds. The van der Waals surface area contributed by atoms with Crippen LogP contribution < -0.4 is 5.32 Å². The number of nitrogens with one attached hydrogen (secondary N) is 2. The van der Waals surface area contributed by atoms with E-state index in [1.807, 2.05) is 0 Å². The molecule has 0 aliphatic carbocycles. The first kappa shape index (κ1) is 7.80. The van der Waals surface area contributed by atoms with E-state index in [0.717, 1.165) is 6.54 Å². The van der Waals surface area contributed by atoms with Crippen LogP contribution in [0.3, 0.4) is 0 Å². The fraction of sp³-hybridized carbons (Fsp3) is 0.667. The Hall–Kier alpha value is -0.830. The molecule has 0 radical (unpaired) electrons. The standard InChI is InChI=1S/C9H15N3/c1-6-7(2)11-12-9(6)8-4-3-5-10-8/h8,10H,3-5H2,1-2H3,(H,11,12)/t8-/m0/s1. The van der Waals surface area contributed by atoms with Gasteiger partial charge in [-0.3, -0.25) is 5.10 Å². The summed E-state index contributed by atoms with van der Waals surface area (Å²) in [4.78, 5) is 0. The molecule has 1 fully saturated rings. The second kappa shape index (κ2) is 2.90. The molecule has 3 nitrogen and oxygen atoms in total. The predicted molar refractivity (Wildman–Crippen MR) is 48.0 cm³/mol. The third-order valence-corrected chi connectivity index (χ3v) is 2.68. The Morgan fingerprint density at radius 3 is 2.75 bits per heavy atom. The number of hydrogen-bond donors (Lipinski definition) is 2. The van der Waals surface area contributed by atoms with Gasteiger partial charge in [-0.15, -0.1) is 0 Å². The smallest absolute Gasteiger partial charge is 0.0823 e. The Morgan fingerprint density at radius 1 is 1.42 bits per heavy atom. The van der Waals surface area contributed by atoms with Crippen molar-refractivity contribution in [2.24, 2.45) is 0 Å². The Bertz CT molecular complexity index is 271. The van der Waals surface area contributed by atoms with E-state index in [2.05, 4.69) is 29.4 Å². The van der Waals surface area contributed by atoms with Crippen molar-refractivity contribution in [3.63, 3.8) is 0 Å². The van der Waals surface area contributed by atoms with Gasteiger partial charge in [-0.1, -0.05) is 0 Å². The van der Waals surface area contributed by atoms with Crippen molar-refractivity contribution < 1.29 is 0 Å². The summed E-state index contributed by atoms with van der Waals surface area (Å²) in [5.41, 5.74) is 3.72. The highest BCUT2D eigenvalue weighted by Crippen LogP contribution is 2.24. The number of hydrogen-bond acceptors (Lipinski definition) is 2. The molecule has 1 aromatic rings. The summed E-state index contributed by atoms with van der Waals surface area (Å²) < 4.78 is 0. The van der Waals surface area contributed by atoms with Crippen molar-refractivity contribution in [1.29, 1.82) is 0 Å². The predicted octanol–water partition coefficient (Wildman–Crippen LogP) is 1.45. The maximum Gasteiger partial charge on any atom is 0.0823 e. The Kier molecular flexibility index (Phi) is 1.89. The molecular weight excluding hydrogens is 150 g/mol. The molecule has 1 saturated heterocycles. The SMILES string of the molecule is Cc1[nH]nc([C@@H]2CCCN2)c1C. The van der Waals surface area contributed by atoms with Crippen molar-refractivity contribution in [3.8, 4) is 0 Å². The zero-order chi connectivity index (χ0) is 8.55. The zero-order valence-corrected chi connectivity index (χ0v) is 7.65. The molecule has 2 heterocycles. The molecule has 66 valence electrons. The summed E-state index contributed by atoms with van der Waals surface area (Å²) in [6.07, 6.45) is 2.50. The summed E-state index contributed by atoms with van der Waals surface area (Å²) in [5, 5.41) is 10.8. The minimum Gasteiger partial charge on any atom is -0.309 e. The minimum absolute atomic E-state index is 0.495. The third-order valence-electron chi connectivity index (χ3n) is 2.68. The maximum absolute atomic E-state index is 4.31. The van der Waals surface area contributed by atoms with Gasteiger partial charge in [0.05, 0.1) is 11.7 Å². The molecule has 1 aromatic heterocycles. The largest absolute Gasteiger partial charge is 0.309 e. The van der Waals surface area contributed by atoms with Crippen LogP contribution >= 0.6 is 0 Å². The topological polar surface area (TPSA) is 40.7 Å². The summed E-state index contributed by atoms with van der Waals surface area (Å²) in [6, 6.07) is 0.495. The van der Waals surface area contributed by atoms with Crippen LogP contribution in [0.1, 0.15) is 35.8 Å². The van der Waals surface area contributed by atoms with Gasteiger partial charge in [-0.25, -0.2) is 0 Å². The quantitative estimate of drug-likeness (QED) is 0.661. The van der Waals surface area contributed by atoms with Gasteiger partial charge >= 0.3 is 0 Å². The van der Waals surface area contributed by atoms with E-state index in [1.54, 1.807) is 0 Å². The van der Waals surface area contributed by atoms with E-state index in [9.17, 15) is 0 Å². The van der Waals surface area contributed by atoms with Crippen LogP contribution in [0.2, 0.25) is 0 Å². The van der Waals surface area contributed by atoms with E-state index >= 15 is 0 Å². The number of rotatable bonds is 1. The van der Waals surface area contributed by atoms with Crippen LogP contribution in [-0.4, -0.2) is 16.7 Å². The number of aryl methyl sites for hydroxylation is 1. The van der Waals surface area contributed by atoms with E-state index in [1.165, 1.54) is 29.8 Å². The van der Waals surface area contributed by atoms with Gasteiger partial charge < -0.3 is 5.32 Å². The van der Waals surface area contributed by atoms with Gasteiger partial charge in [-0.2, -0.15) is 5.10 Å². The summed E-state index contributed by atoms with van der Waals surface area (Å²) in [7, 11) is 0. The lowest BCUT2D eigenvalue weighted by Gasteiger charge is -2.06. The summed E-state index contributed by atoms with van der Waals surface area (Å²) in [5.74, 6) is 0. The monoisotopic (exact) mass is 165 g/mol. The molecule has 1 aliphatic heterocycles. The molecule has 2 rings (SSSR count). The lowest BCUT2D eigenvalue weighted by molar-refractivity contribution is 0.622. The minimum atomic E-state index is 0.495. The van der Waals surface area contributed by atoms with Crippen LogP contribution in [0.25, 0.3) is 0 Å². The summed E-state index contributed by atoms with van der Waals surface area (Å²) >= 11 is 0. The first-order valence-electron chi connectivity index (χ1n) is 4.54. The first-order valence-corrected chi connectivity index (χ1v) is 4.54. The van der Waals surface area contributed by atoms with Crippen molar-refractivity contribution in [2.45, 2.75) is 32.7 Å². The van der Waals surface area contributed by atoms with Crippen LogP contribution in [0.15, 0.2) is 0 Å². The van der Waals surface area contributed by atoms with Gasteiger partial charge in [0.15, 0.2) is 0 Å². The zero-order valence-electron chi connectivity index (χ0n) is 7.65. The molecule has 0 aromatic carbocycles. The van der Waals surface area contributed by atoms with Gasteiger partial charge in [0.1, 0.15) is 0 Å². The number of aromatic amines is 1. The number of H-pyrrole nitrogens is 1. The van der Waals surface area contributed by atoms with E-state index in [0.29, 0.717) is 6.04 Å². The molecule has 0 unspecified atom stereocenters. The van der Waals surface area contributed by atoms with Crippen molar-refractivity contribution in [3.05, 3.63) is 17.0 Å². The van der Waals surface area contributed by atoms with Crippen molar-refractivity contribution in [2.75, 3.05) is 6.54 Å². The first-order chi connectivity index (χ1) is 5.79. The lowest BCUT2D eigenvalue weighted by atomic mass is 10.1.